The topological polar surface area (TPSA) is 66.2 Å². The average Bonchev–Trinajstić information content (AvgIpc) is 3.08. The van der Waals surface area contributed by atoms with Gasteiger partial charge in [0.15, 0.2) is 5.76 Å². The van der Waals surface area contributed by atoms with E-state index in [1.54, 1.807) is 0 Å². The molecular formula is C15H9FKNO3S. The van der Waals surface area contributed by atoms with Crippen LogP contribution < -0.4 is 56.5 Å². The van der Waals surface area contributed by atoms with E-state index >= 15 is 0 Å². The number of rotatable bonds is 4. The molecule has 22 heavy (non-hydrogen) atoms. The molecule has 0 aliphatic rings. The summed E-state index contributed by atoms with van der Waals surface area (Å²) < 4.78 is 18.6. The molecule has 7 heteroatoms. The van der Waals surface area contributed by atoms with E-state index in [2.05, 4.69) is 4.98 Å². The van der Waals surface area contributed by atoms with Gasteiger partial charge in [0.1, 0.15) is 5.82 Å². The van der Waals surface area contributed by atoms with E-state index in [9.17, 15) is 14.3 Å². The Balaban J connectivity index is 0.00000176. The quantitative estimate of drug-likeness (QED) is 0.601. The van der Waals surface area contributed by atoms with E-state index in [4.69, 9.17) is 4.42 Å². The van der Waals surface area contributed by atoms with Crippen LogP contribution in [0.4, 0.5) is 4.39 Å². The molecule has 0 amide bonds. The molecule has 2 aromatic heterocycles. The van der Waals surface area contributed by atoms with Crippen molar-refractivity contribution in [1.29, 1.82) is 0 Å². The van der Waals surface area contributed by atoms with Crippen LogP contribution in [0.3, 0.4) is 0 Å². The van der Waals surface area contributed by atoms with Crippen LogP contribution in [0.25, 0.3) is 22.8 Å². The number of carboxylic acid groups (broad SMARTS) is 1. The van der Waals surface area contributed by atoms with Gasteiger partial charge >= 0.3 is 51.4 Å². The van der Waals surface area contributed by atoms with Crippen LogP contribution in [0.2, 0.25) is 0 Å². The fourth-order valence-corrected chi connectivity index (χ4v) is 2.58. The van der Waals surface area contributed by atoms with Gasteiger partial charge in [0, 0.05) is 28.9 Å². The molecule has 0 aliphatic carbocycles. The molecule has 2 heterocycles. The van der Waals surface area contributed by atoms with E-state index in [0.29, 0.717) is 17.0 Å². The summed E-state index contributed by atoms with van der Waals surface area (Å²) in [5.41, 5.74) is 1.64. The van der Waals surface area contributed by atoms with Crippen molar-refractivity contribution >= 4 is 17.3 Å². The molecular weight excluding hydrogens is 332 g/mol. The van der Waals surface area contributed by atoms with E-state index in [0.717, 1.165) is 5.56 Å². The van der Waals surface area contributed by atoms with Crippen molar-refractivity contribution in [2.45, 2.75) is 6.42 Å². The van der Waals surface area contributed by atoms with Gasteiger partial charge in [-0.25, -0.2) is 9.37 Å². The van der Waals surface area contributed by atoms with E-state index in [1.165, 1.54) is 35.6 Å². The maximum atomic E-state index is 12.9. The predicted octanol–water partition coefficient (Wildman–Crippen LogP) is -0.494. The number of carboxylic acids is 1. The number of nitrogens with zero attached hydrogens (tertiary/aromatic N) is 1. The minimum atomic E-state index is -1.23. The Kier molecular flexibility index (Phi) is 6.07. The minimum Gasteiger partial charge on any atom is -0.550 e. The molecule has 0 saturated heterocycles. The third kappa shape index (κ3) is 3.92. The Morgan fingerprint density at radius 2 is 1.95 bits per heavy atom. The van der Waals surface area contributed by atoms with Gasteiger partial charge in [0.2, 0.25) is 5.89 Å². The predicted molar refractivity (Wildman–Crippen MR) is 73.9 cm³/mol. The molecule has 0 atom stereocenters. The van der Waals surface area contributed by atoms with Crippen LogP contribution in [0.15, 0.2) is 45.5 Å². The molecule has 3 rings (SSSR count). The molecule has 0 N–H and O–H groups in total. The zero-order valence-corrected chi connectivity index (χ0v) is 15.6. The maximum absolute atomic E-state index is 12.9. The summed E-state index contributed by atoms with van der Waals surface area (Å²) in [7, 11) is 0. The number of thiophene rings is 1. The number of aliphatic carboxylic acids is 1. The summed E-state index contributed by atoms with van der Waals surface area (Å²) >= 11 is 1.47. The number of carbonyl (C=O) groups is 1. The van der Waals surface area contributed by atoms with Gasteiger partial charge in [-0.15, -0.1) is 0 Å². The third-order valence-electron chi connectivity index (χ3n) is 2.88. The molecule has 1 aromatic carbocycles. The van der Waals surface area contributed by atoms with Gasteiger partial charge in [0.25, 0.3) is 0 Å². The maximum Gasteiger partial charge on any atom is 1.00 e. The molecule has 4 nitrogen and oxygen atoms in total. The van der Waals surface area contributed by atoms with Crippen LogP contribution in [0.1, 0.15) is 5.69 Å². The van der Waals surface area contributed by atoms with Crippen molar-refractivity contribution in [3.63, 3.8) is 0 Å². The summed E-state index contributed by atoms with van der Waals surface area (Å²) in [5.74, 6) is -0.934. The summed E-state index contributed by atoms with van der Waals surface area (Å²) in [4.78, 5) is 15.0. The number of halogens is 1. The summed E-state index contributed by atoms with van der Waals surface area (Å²) in [6.07, 6.45) is -0.337. The second-order valence-electron chi connectivity index (χ2n) is 4.36. The fourth-order valence-electron chi connectivity index (χ4n) is 1.94. The van der Waals surface area contributed by atoms with Crippen molar-refractivity contribution in [3.8, 4) is 22.8 Å². The number of hydrogen-bond acceptors (Lipinski definition) is 5. The zero-order valence-electron chi connectivity index (χ0n) is 11.7. The Hall–Kier alpha value is -0.834. The van der Waals surface area contributed by atoms with Gasteiger partial charge in [-0.3, -0.25) is 0 Å². The van der Waals surface area contributed by atoms with Crippen LogP contribution in [-0.2, 0) is 11.2 Å². The van der Waals surface area contributed by atoms with Crippen molar-refractivity contribution in [2.75, 3.05) is 0 Å². The van der Waals surface area contributed by atoms with Crippen LogP contribution in [-0.4, -0.2) is 11.0 Å². The molecule has 0 bridgehead atoms. The molecule has 0 radical (unpaired) electrons. The molecule has 3 aromatic rings. The average molecular weight is 341 g/mol. The van der Waals surface area contributed by atoms with Gasteiger partial charge in [-0.2, -0.15) is 11.3 Å². The second kappa shape index (κ2) is 7.63. The van der Waals surface area contributed by atoms with Crippen molar-refractivity contribution in [1.82, 2.24) is 4.98 Å². The van der Waals surface area contributed by atoms with E-state index < -0.39 is 5.97 Å². The first kappa shape index (κ1) is 17.5. The molecule has 0 fully saturated rings. The first-order chi connectivity index (χ1) is 10.1. The van der Waals surface area contributed by atoms with Crippen LogP contribution >= 0.6 is 11.3 Å². The number of benzene rings is 1. The smallest absolute Gasteiger partial charge is 0.550 e. The first-order valence-corrected chi connectivity index (χ1v) is 7.06. The monoisotopic (exact) mass is 341 g/mol. The Bertz CT molecular complexity index is 769. The standard InChI is InChI=1S/C15H10FNO3S.K/c16-11-3-1-9(2-4-11)15-17-12(7-13(18)19)14(20-15)10-5-6-21-8-10;/h1-6,8H,7H2,(H,18,19);/q;+1/p-1. The summed E-state index contributed by atoms with van der Waals surface area (Å²) in [6, 6.07) is 7.46. The summed E-state index contributed by atoms with van der Waals surface area (Å²) in [5, 5.41) is 14.5. The SMILES string of the molecule is O=C([O-])Cc1nc(-c2ccc(F)cc2)oc1-c1ccsc1.[K+]. The number of hydrogen-bond donors (Lipinski definition) is 0. The number of aromatic nitrogens is 1. The molecule has 106 valence electrons. The van der Waals surface area contributed by atoms with Gasteiger partial charge in [-0.1, -0.05) is 0 Å². The second-order valence-corrected chi connectivity index (χ2v) is 5.14. The molecule has 0 unspecified atom stereocenters. The number of oxazole rings is 1. The van der Waals surface area contributed by atoms with E-state index in [1.807, 2.05) is 16.8 Å². The van der Waals surface area contributed by atoms with Crippen LogP contribution in [0, 0.1) is 5.82 Å². The van der Waals surface area contributed by atoms with Gasteiger partial charge in [0.05, 0.1) is 5.69 Å². The normalized spacial score (nSPS) is 10.2. The van der Waals surface area contributed by atoms with Gasteiger partial charge in [-0.05, 0) is 35.7 Å². The summed E-state index contributed by atoms with van der Waals surface area (Å²) in [6.45, 7) is 0. The Morgan fingerprint density at radius 3 is 2.55 bits per heavy atom. The Labute approximate surface area is 172 Å². The van der Waals surface area contributed by atoms with Gasteiger partial charge < -0.3 is 14.3 Å². The van der Waals surface area contributed by atoms with Crippen molar-refractivity contribution < 1.29 is 70.1 Å². The first-order valence-electron chi connectivity index (χ1n) is 6.11. The van der Waals surface area contributed by atoms with Crippen molar-refractivity contribution in [2.24, 2.45) is 0 Å². The minimum absolute atomic E-state index is 0. The zero-order chi connectivity index (χ0) is 14.8. The van der Waals surface area contributed by atoms with E-state index in [-0.39, 0.29) is 69.5 Å². The Morgan fingerprint density at radius 1 is 1.23 bits per heavy atom. The largest absolute Gasteiger partial charge is 1.00 e. The van der Waals surface area contributed by atoms with Crippen molar-refractivity contribution in [3.05, 3.63) is 52.6 Å². The molecule has 0 spiro atoms. The number of carbonyl (C=O) groups excluding carboxylic acids is 1. The molecule has 0 aliphatic heterocycles. The fraction of sp³-hybridized carbons (Fsp3) is 0.0667. The van der Waals surface area contributed by atoms with Crippen LogP contribution in [0.5, 0.6) is 0 Å². The molecule has 0 saturated carbocycles. The third-order valence-corrected chi connectivity index (χ3v) is 3.57.